The number of hydrogen-bond donors (Lipinski definition) is 1. The second kappa shape index (κ2) is 5.92. The van der Waals surface area contributed by atoms with Crippen LogP contribution >= 0.6 is 0 Å². The number of nitrogens with one attached hydrogen (secondary N) is 1. The van der Waals surface area contributed by atoms with Gasteiger partial charge in [-0.15, -0.1) is 0 Å². The molecule has 1 nitrogen and oxygen atoms in total. The molecule has 0 aromatic carbocycles. The lowest BCUT2D eigenvalue weighted by Crippen LogP contribution is -1.90. The average Bonchev–Trinajstić information content (AvgIpc) is 1.81. The number of hydrogen-bond acceptors (Lipinski definition) is 1. The summed E-state index contributed by atoms with van der Waals surface area (Å²) in [4.78, 5) is 0. The van der Waals surface area contributed by atoms with Gasteiger partial charge in [-0.25, -0.2) is 0 Å². The Morgan fingerprint density at radius 2 is 2.12 bits per heavy atom. The molecule has 0 aromatic heterocycles. The van der Waals surface area contributed by atoms with Crippen LogP contribution in [0.4, 0.5) is 0 Å². The second-order valence-electron chi connectivity index (χ2n) is 1.16. The molecule has 0 radical (unpaired) electrons. The molecule has 0 aromatic rings. The van der Waals surface area contributed by atoms with Crippen molar-refractivity contribution in [1.29, 1.82) is 0 Å². The lowest BCUT2D eigenvalue weighted by atomic mass is 10.5. The minimum absolute atomic E-state index is 0.873. The van der Waals surface area contributed by atoms with E-state index in [2.05, 4.69) is 29.1 Å². The smallest absolute Gasteiger partial charge is 0.0185 e. The zero-order chi connectivity index (χ0) is 6.24. The van der Waals surface area contributed by atoms with Crippen LogP contribution in [0.1, 0.15) is 13.3 Å². The molecule has 0 saturated carbocycles. The Labute approximate surface area is 50.5 Å². The maximum absolute atomic E-state index is 2.82. The molecule has 0 aliphatic heterocycles. The third-order valence-electron chi connectivity index (χ3n) is 0.515. The van der Waals surface area contributed by atoms with E-state index in [4.69, 9.17) is 0 Å². The van der Waals surface area contributed by atoms with Crippen LogP contribution in [0.5, 0.6) is 0 Å². The first-order valence-electron chi connectivity index (χ1n) is 2.56. The van der Waals surface area contributed by atoms with Gasteiger partial charge in [0.25, 0.3) is 0 Å². The van der Waals surface area contributed by atoms with E-state index in [1.54, 1.807) is 7.05 Å². The first kappa shape index (κ1) is 6.92. The molecule has 42 valence electrons. The highest BCUT2D eigenvalue weighted by molar-refractivity contribution is 5.24. The van der Waals surface area contributed by atoms with Gasteiger partial charge in [0.15, 0.2) is 0 Å². The summed E-state index contributed by atoms with van der Waals surface area (Å²) in [5.74, 6) is 8.10. The molecule has 1 N–H and O–H groups in total. The Bertz CT molecular complexity index is 129. The lowest BCUT2D eigenvalue weighted by Gasteiger charge is -1.69. The molecule has 1 heteroatoms. The predicted molar refractivity (Wildman–Crippen MR) is 34.9 cm³/mol. The maximum atomic E-state index is 2.82. The molecule has 0 spiro atoms. The zero-order valence-electron chi connectivity index (χ0n) is 5.21. The first-order valence-corrected chi connectivity index (χ1v) is 2.56. The van der Waals surface area contributed by atoms with Crippen LogP contribution in [0.15, 0.2) is 0 Å². The summed E-state index contributed by atoms with van der Waals surface area (Å²) in [5.41, 5.74) is 0. The van der Waals surface area contributed by atoms with E-state index in [-0.39, 0.29) is 0 Å². The van der Waals surface area contributed by atoms with Crippen LogP contribution in [0.3, 0.4) is 0 Å². The third-order valence-corrected chi connectivity index (χ3v) is 0.515. The minimum Gasteiger partial charge on any atom is -0.348 e. The summed E-state index contributed by atoms with van der Waals surface area (Å²) >= 11 is 0. The zero-order valence-corrected chi connectivity index (χ0v) is 5.21. The van der Waals surface area contributed by atoms with Gasteiger partial charge in [-0.3, -0.25) is 0 Å². The van der Waals surface area contributed by atoms with Crippen LogP contribution in [0.2, 0.25) is 0 Å². The molecule has 0 aliphatic carbocycles. The minimum atomic E-state index is 0.873. The Hall–Kier alpha value is -1.08. The van der Waals surface area contributed by atoms with Crippen molar-refractivity contribution >= 4 is 0 Å². The predicted octanol–water partition coefficient (Wildman–Crippen LogP) is 0.580. The van der Waals surface area contributed by atoms with Gasteiger partial charge in [0, 0.05) is 25.4 Å². The average molecular weight is 107 g/mol. The van der Waals surface area contributed by atoms with Gasteiger partial charge in [-0.2, -0.15) is 0 Å². The van der Waals surface area contributed by atoms with E-state index in [9.17, 15) is 0 Å². The van der Waals surface area contributed by atoms with E-state index in [0.717, 1.165) is 6.42 Å². The van der Waals surface area contributed by atoms with E-state index in [1.165, 1.54) is 0 Å². The molecule has 0 saturated heterocycles. The largest absolute Gasteiger partial charge is 0.348 e. The summed E-state index contributed by atoms with van der Waals surface area (Å²) in [6.45, 7) is 1.99. The van der Waals surface area contributed by atoms with Crippen molar-refractivity contribution < 1.29 is 0 Å². The molecule has 0 atom stereocenters. The van der Waals surface area contributed by atoms with Gasteiger partial charge >= 0.3 is 0 Å². The summed E-state index contributed by atoms with van der Waals surface area (Å²) in [6.07, 6.45) is 0.873. The van der Waals surface area contributed by atoms with Gasteiger partial charge in [0.2, 0.25) is 0 Å². The van der Waals surface area contributed by atoms with Crippen LogP contribution in [-0.4, -0.2) is 7.05 Å². The van der Waals surface area contributed by atoms with Crippen LogP contribution < -0.4 is 5.32 Å². The number of rotatable bonds is 0. The van der Waals surface area contributed by atoms with Crippen molar-refractivity contribution in [3.8, 4) is 23.8 Å². The topological polar surface area (TPSA) is 12.0 Å². The molecule has 0 rings (SSSR count). The highest BCUT2D eigenvalue weighted by Crippen LogP contribution is 1.63. The lowest BCUT2D eigenvalue weighted by molar-refractivity contribution is 1.16. The van der Waals surface area contributed by atoms with Crippen molar-refractivity contribution in [2.75, 3.05) is 7.05 Å². The van der Waals surface area contributed by atoms with Gasteiger partial charge in [0.05, 0.1) is 0 Å². The molecule has 0 bridgehead atoms. The van der Waals surface area contributed by atoms with Crippen molar-refractivity contribution in [2.45, 2.75) is 13.3 Å². The molecule has 8 heavy (non-hydrogen) atoms. The highest BCUT2D eigenvalue weighted by Gasteiger charge is 1.55. The standard InChI is InChI=1S/C7H9N/c1-3-4-5-6-7-8-2/h8H,3H2,1-2H3. The van der Waals surface area contributed by atoms with Crippen molar-refractivity contribution in [3.05, 3.63) is 0 Å². The van der Waals surface area contributed by atoms with Gasteiger partial charge < -0.3 is 5.32 Å². The van der Waals surface area contributed by atoms with Crippen LogP contribution in [-0.2, 0) is 0 Å². The van der Waals surface area contributed by atoms with Gasteiger partial charge in [0.1, 0.15) is 0 Å². The normalized spacial score (nSPS) is 5.25. The van der Waals surface area contributed by atoms with Crippen molar-refractivity contribution in [1.82, 2.24) is 5.32 Å². The summed E-state index contributed by atoms with van der Waals surface area (Å²) in [7, 11) is 1.76. The summed E-state index contributed by atoms with van der Waals surface area (Å²) in [6, 6.07) is 2.61. The first-order chi connectivity index (χ1) is 3.91. The molecule has 0 unspecified atom stereocenters. The molecule has 0 amide bonds. The SMILES string of the molecule is CCC#CC#CNC. The molecular weight excluding hydrogens is 98.1 g/mol. The van der Waals surface area contributed by atoms with E-state index in [0.29, 0.717) is 0 Å². The monoisotopic (exact) mass is 107 g/mol. The fraction of sp³-hybridized carbons (Fsp3) is 0.429. The molecular formula is C7H9N. The molecule has 0 fully saturated rings. The van der Waals surface area contributed by atoms with Gasteiger partial charge in [-0.05, 0) is 5.92 Å². The maximum Gasteiger partial charge on any atom is 0.0185 e. The quantitative estimate of drug-likeness (QED) is 0.352. The van der Waals surface area contributed by atoms with Crippen molar-refractivity contribution in [3.63, 3.8) is 0 Å². The Kier molecular flexibility index (Phi) is 5.12. The second-order valence-corrected chi connectivity index (χ2v) is 1.16. The fourth-order valence-corrected chi connectivity index (χ4v) is 0.226. The van der Waals surface area contributed by atoms with Crippen molar-refractivity contribution in [2.24, 2.45) is 0 Å². The van der Waals surface area contributed by atoms with E-state index < -0.39 is 0 Å². The Morgan fingerprint density at radius 3 is 2.62 bits per heavy atom. The Balaban J connectivity index is 3.40. The van der Waals surface area contributed by atoms with Crippen LogP contribution in [0, 0.1) is 23.8 Å². The highest BCUT2D eigenvalue weighted by atomic mass is 14.8. The van der Waals surface area contributed by atoms with Gasteiger partial charge in [-0.1, -0.05) is 12.8 Å². The third kappa shape index (κ3) is 4.92. The fourth-order valence-electron chi connectivity index (χ4n) is 0.226. The van der Waals surface area contributed by atoms with E-state index >= 15 is 0 Å². The Morgan fingerprint density at radius 1 is 1.38 bits per heavy atom. The molecule has 0 heterocycles. The summed E-state index contributed by atoms with van der Waals surface area (Å²) < 4.78 is 0. The van der Waals surface area contributed by atoms with Crippen LogP contribution in [0.25, 0.3) is 0 Å². The summed E-state index contributed by atoms with van der Waals surface area (Å²) in [5, 5.41) is 2.66. The van der Waals surface area contributed by atoms with E-state index in [1.807, 2.05) is 6.92 Å². The molecule has 0 aliphatic rings.